The van der Waals surface area contributed by atoms with Crippen LogP contribution in [0, 0.1) is 0 Å². The van der Waals surface area contributed by atoms with E-state index in [1.54, 1.807) is 14.2 Å². The molecule has 0 heterocycles. The van der Waals surface area contributed by atoms with E-state index in [4.69, 9.17) is 9.47 Å². The molecular weight excluding hydrogens is 190 g/mol. The predicted molar refractivity (Wildman–Crippen MR) is 61.3 cm³/mol. The Morgan fingerprint density at radius 2 is 1.87 bits per heavy atom. The molecule has 0 aromatic heterocycles. The summed E-state index contributed by atoms with van der Waals surface area (Å²) in [5.74, 6) is 0.899. The first-order chi connectivity index (χ1) is 7.30. The second kappa shape index (κ2) is 6.43. The highest BCUT2D eigenvalue weighted by Gasteiger charge is 2.01. The molecule has 0 unspecified atom stereocenters. The molecule has 0 aliphatic heterocycles. The van der Waals surface area contributed by atoms with Crippen molar-refractivity contribution < 1.29 is 9.47 Å². The van der Waals surface area contributed by atoms with E-state index < -0.39 is 0 Å². The Bertz CT molecular complexity index is 300. The Hall–Kier alpha value is -1.06. The Morgan fingerprint density at radius 3 is 2.47 bits per heavy atom. The third-order valence-corrected chi connectivity index (χ3v) is 2.24. The molecule has 0 aliphatic carbocycles. The monoisotopic (exact) mass is 209 g/mol. The standard InChI is InChI=1S/C12H19NO2/c1-13-5-4-10-6-11(9-14-2)8-12(7-10)15-3/h6-8,13H,4-5,9H2,1-3H3. The summed E-state index contributed by atoms with van der Waals surface area (Å²) in [4.78, 5) is 0. The molecule has 0 saturated carbocycles. The highest BCUT2D eigenvalue weighted by molar-refractivity contribution is 5.34. The number of likely N-dealkylation sites (N-methyl/N-ethyl adjacent to an activating group) is 1. The van der Waals surface area contributed by atoms with Gasteiger partial charge in [0, 0.05) is 7.11 Å². The van der Waals surface area contributed by atoms with Crippen LogP contribution in [0.15, 0.2) is 18.2 Å². The molecule has 15 heavy (non-hydrogen) atoms. The summed E-state index contributed by atoms with van der Waals surface area (Å²) >= 11 is 0. The van der Waals surface area contributed by atoms with E-state index in [0.717, 1.165) is 24.3 Å². The van der Waals surface area contributed by atoms with Crippen molar-refractivity contribution in [3.05, 3.63) is 29.3 Å². The van der Waals surface area contributed by atoms with E-state index in [-0.39, 0.29) is 0 Å². The zero-order chi connectivity index (χ0) is 11.1. The van der Waals surface area contributed by atoms with Gasteiger partial charge in [-0.15, -0.1) is 0 Å². The molecule has 1 aromatic rings. The predicted octanol–water partition coefficient (Wildman–Crippen LogP) is 1.60. The number of methoxy groups -OCH3 is 2. The molecule has 1 rings (SSSR count). The molecule has 84 valence electrons. The Labute approximate surface area is 91.4 Å². The van der Waals surface area contributed by atoms with Crippen molar-refractivity contribution in [1.82, 2.24) is 5.32 Å². The van der Waals surface area contributed by atoms with Crippen molar-refractivity contribution in [2.24, 2.45) is 0 Å². The van der Waals surface area contributed by atoms with Crippen molar-refractivity contribution in [1.29, 1.82) is 0 Å². The van der Waals surface area contributed by atoms with Crippen LogP contribution in [-0.4, -0.2) is 27.8 Å². The van der Waals surface area contributed by atoms with Crippen LogP contribution in [0.1, 0.15) is 11.1 Å². The van der Waals surface area contributed by atoms with Crippen molar-refractivity contribution in [2.45, 2.75) is 13.0 Å². The number of hydrogen-bond donors (Lipinski definition) is 1. The Morgan fingerprint density at radius 1 is 1.13 bits per heavy atom. The molecule has 0 spiro atoms. The van der Waals surface area contributed by atoms with E-state index >= 15 is 0 Å². The summed E-state index contributed by atoms with van der Waals surface area (Å²) in [7, 11) is 5.34. The van der Waals surface area contributed by atoms with Gasteiger partial charge in [-0.3, -0.25) is 0 Å². The largest absolute Gasteiger partial charge is 0.497 e. The fraction of sp³-hybridized carbons (Fsp3) is 0.500. The van der Waals surface area contributed by atoms with Gasteiger partial charge in [-0.1, -0.05) is 6.07 Å². The molecule has 0 bridgehead atoms. The second-order valence-corrected chi connectivity index (χ2v) is 3.48. The number of hydrogen-bond acceptors (Lipinski definition) is 3. The maximum absolute atomic E-state index is 5.25. The first-order valence-corrected chi connectivity index (χ1v) is 5.10. The lowest BCUT2D eigenvalue weighted by molar-refractivity contribution is 0.184. The molecule has 0 radical (unpaired) electrons. The van der Waals surface area contributed by atoms with E-state index in [1.165, 1.54) is 5.56 Å². The first-order valence-electron chi connectivity index (χ1n) is 5.10. The minimum Gasteiger partial charge on any atom is -0.497 e. The van der Waals surface area contributed by atoms with Crippen LogP contribution in [0.3, 0.4) is 0 Å². The van der Waals surface area contributed by atoms with E-state index in [1.807, 2.05) is 13.1 Å². The van der Waals surface area contributed by atoms with Crippen LogP contribution < -0.4 is 10.1 Å². The van der Waals surface area contributed by atoms with Gasteiger partial charge < -0.3 is 14.8 Å². The summed E-state index contributed by atoms with van der Waals surface area (Å²) in [5.41, 5.74) is 2.43. The van der Waals surface area contributed by atoms with Crippen molar-refractivity contribution in [3.8, 4) is 5.75 Å². The molecule has 0 fully saturated rings. The third kappa shape index (κ3) is 3.90. The minimum absolute atomic E-state index is 0.629. The van der Waals surface area contributed by atoms with Crippen LogP contribution >= 0.6 is 0 Å². The molecule has 3 nitrogen and oxygen atoms in total. The van der Waals surface area contributed by atoms with E-state index in [9.17, 15) is 0 Å². The Kier molecular flexibility index (Phi) is 5.15. The average molecular weight is 209 g/mol. The normalized spacial score (nSPS) is 10.3. The number of ether oxygens (including phenoxy) is 2. The molecule has 0 aliphatic rings. The van der Waals surface area contributed by atoms with Gasteiger partial charge in [-0.2, -0.15) is 0 Å². The minimum atomic E-state index is 0.629. The van der Waals surface area contributed by atoms with Gasteiger partial charge in [-0.25, -0.2) is 0 Å². The lowest BCUT2D eigenvalue weighted by atomic mass is 10.1. The molecular formula is C12H19NO2. The quantitative estimate of drug-likeness (QED) is 0.772. The second-order valence-electron chi connectivity index (χ2n) is 3.48. The van der Waals surface area contributed by atoms with Crippen LogP contribution in [-0.2, 0) is 17.8 Å². The lowest BCUT2D eigenvalue weighted by Gasteiger charge is -2.08. The lowest BCUT2D eigenvalue weighted by Crippen LogP contribution is -2.10. The molecule has 0 saturated heterocycles. The zero-order valence-corrected chi connectivity index (χ0v) is 9.67. The topological polar surface area (TPSA) is 30.5 Å². The van der Waals surface area contributed by atoms with Gasteiger partial charge in [0.25, 0.3) is 0 Å². The van der Waals surface area contributed by atoms with Crippen molar-refractivity contribution >= 4 is 0 Å². The molecule has 0 amide bonds. The van der Waals surface area contributed by atoms with Crippen LogP contribution in [0.5, 0.6) is 5.75 Å². The number of benzene rings is 1. The van der Waals surface area contributed by atoms with Gasteiger partial charge >= 0.3 is 0 Å². The maximum Gasteiger partial charge on any atom is 0.119 e. The molecule has 1 N–H and O–H groups in total. The molecule has 0 atom stereocenters. The highest BCUT2D eigenvalue weighted by atomic mass is 16.5. The van der Waals surface area contributed by atoms with Crippen molar-refractivity contribution in [2.75, 3.05) is 27.8 Å². The number of rotatable bonds is 6. The first kappa shape index (κ1) is 12.0. The summed E-state index contributed by atoms with van der Waals surface area (Å²) in [6.07, 6.45) is 1.00. The maximum atomic E-state index is 5.25. The third-order valence-electron chi connectivity index (χ3n) is 2.24. The van der Waals surface area contributed by atoms with E-state index in [0.29, 0.717) is 6.61 Å². The zero-order valence-electron chi connectivity index (χ0n) is 9.67. The highest BCUT2D eigenvalue weighted by Crippen LogP contribution is 2.17. The molecule has 1 aromatic carbocycles. The van der Waals surface area contributed by atoms with E-state index in [2.05, 4.69) is 17.4 Å². The fourth-order valence-electron chi connectivity index (χ4n) is 1.51. The average Bonchev–Trinajstić information content (AvgIpc) is 2.26. The van der Waals surface area contributed by atoms with Crippen LogP contribution in [0.25, 0.3) is 0 Å². The van der Waals surface area contributed by atoms with Crippen LogP contribution in [0.4, 0.5) is 0 Å². The number of nitrogens with one attached hydrogen (secondary N) is 1. The summed E-state index contributed by atoms with van der Waals surface area (Å²) in [6.45, 7) is 1.60. The summed E-state index contributed by atoms with van der Waals surface area (Å²) in [5, 5.41) is 3.13. The van der Waals surface area contributed by atoms with Gasteiger partial charge in [0.1, 0.15) is 5.75 Å². The SMILES string of the molecule is CNCCc1cc(COC)cc(OC)c1. The van der Waals surface area contributed by atoms with Gasteiger partial charge in [-0.05, 0) is 43.3 Å². The molecule has 3 heteroatoms. The van der Waals surface area contributed by atoms with Crippen molar-refractivity contribution in [3.63, 3.8) is 0 Å². The smallest absolute Gasteiger partial charge is 0.119 e. The summed E-state index contributed by atoms with van der Waals surface area (Å²) < 4.78 is 10.4. The fourth-order valence-corrected chi connectivity index (χ4v) is 1.51. The van der Waals surface area contributed by atoms with Gasteiger partial charge in [0.05, 0.1) is 13.7 Å². The van der Waals surface area contributed by atoms with Gasteiger partial charge in [0.2, 0.25) is 0 Å². The summed E-state index contributed by atoms with van der Waals surface area (Å²) in [6, 6.07) is 6.23. The van der Waals surface area contributed by atoms with Crippen LogP contribution in [0.2, 0.25) is 0 Å². The Balaban J connectivity index is 2.79. The van der Waals surface area contributed by atoms with Gasteiger partial charge in [0.15, 0.2) is 0 Å².